The number of benzene rings is 2. The first-order chi connectivity index (χ1) is 10.7. The highest BCUT2D eigenvalue weighted by Crippen LogP contribution is 2.51. The molecular weight excluding hydrogens is 266 g/mol. The van der Waals surface area contributed by atoms with Gasteiger partial charge in [-0.05, 0) is 46.5 Å². The van der Waals surface area contributed by atoms with Gasteiger partial charge in [-0.15, -0.1) is 0 Å². The van der Waals surface area contributed by atoms with E-state index in [4.69, 9.17) is 0 Å². The van der Waals surface area contributed by atoms with Crippen LogP contribution in [0.25, 0.3) is 0 Å². The standard InChI is InChI=1S/C21H17N/c1-21(20-14-2-3-15(20)5-4-14)16-6-10-18(11-7-16)22-19-12-8-17(21)9-13-19/h2-13,20,22H,1H3. The Bertz CT molecular complexity index is 780. The van der Waals surface area contributed by atoms with E-state index in [1.54, 1.807) is 0 Å². The van der Waals surface area contributed by atoms with Crippen molar-refractivity contribution < 1.29 is 0 Å². The summed E-state index contributed by atoms with van der Waals surface area (Å²) >= 11 is 0. The second-order valence-electron chi connectivity index (χ2n) is 6.58. The van der Waals surface area contributed by atoms with E-state index in [9.17, 15) is 0 Å². The normalized spacial score (nSPS) is 20.0. The maximum Gasteiger partial charge on any atom is 0.0384 e. The molecule has 2 aromatic carbocycles. The van der Waals surface area contributed by atoms with E-state index in [0.717, 1.165) is 11.4 Å². The van der Waals surface area contributed by atoms with Gasteiger partial charge in [0.1, 0.15) is 0 Å². The molecule has 0 saturated carbocycles. The summed E-state index contributed by atoms with van der Waals surface area (Å²) in [6.45, 7) is 2.39. The lowest BCUT2D eigenvalue weighted by atomic mass is 9.64. The summed E-state index contributed by atoms with van der Waals surface area (Å²) in [5, 5.41) is 3.45. The Labute approximate surface area is 130 Å². The van der Waals surface area contributed by atoms with Gasteiger partial charge in [0, 0.05) is 22.7 Å². The molecule has 0 spiro atoms. The van der Waals surface area contributed by atoms with Crippen molar-refractivity contribution >= 4 is 11.4 Å². The van der Waals surface area contributed by atoms with Gasteiger partial charge in [0.15, 0.2) is 0 Å². The highest BCUT2D eigenvalue weighted by molar-refractivity contribution is 5.65. The number of anilines is 2. The number of rotatable bonds is 1. The highest BCUT2D eigenvalue weighted by Gasteiger charge is 2.43. The summed E-state index contributed by atoms with van der Waals surface area (Å²) in [5.74, 6) is 0.427. The third-order valence-electron chi connectivity index (χ3n) is 5.44. The van der Waals surface area contributed by atoms with E-state index in [-0.39, 0.29) is 5.41 Å². The zero-order chi connectivity index (χ0) is 14.7. The van der Waals surface area contributed by atoms with Crippen LogP contribution in [-0.4, -0.2) is 0 Å². The third-order valence-corrected chi connectivity index (χ3v) is 5.44. The lowest BCUT2D eigenvalue weighted by Gasteiger charge is -2.38. The van der Waals surface area contributed by atoms with Crippen LogP contribution in [0.2, 0.25) is 0 Å². The fraction of sp³-hybridized carbons (Fsp3) is 0.143. The van der Waals surface area contributed by atoms with Crippen molar-refractivity contribution in [2.75, 3.05) is 5.32 Å². The van der Waals surface area contributed by atoms with E-state index in [1.807, 2.05) is 0 Å². The maximum atomic E-state index is 3.45. The molecule has 6 aliphatic rings. The fourth-order valence-electron chi connectivity index (χ4n) is 4.21. The molecule has 106 valence electrons. The van der Waals surface area contributed by atoms with Crippen molar-refractivity contribution in [1.29, 1.82) is 0 Å². The second-order valence-corrected chi connectivity index (χ2v) is 6.58. The lowest BCUT2D eigenvalue weighted by Crippen LogP contribution is -2.33. The molecule has 1 nitrogen and oxygen atoms in total. The topological polar surface area (TPSA) is 12.0 Å². The molecule has 0 saturated heterocycles. The van der Waals surface area contributed by atoms with E-state index in [2.05, 4.69) is 85.1 Å². The van der Waals surface area contributed by atoms with Crippen molar-refractivity contribution in [3.05, 3.63) is 95.1 Å². The number of nitrogens with one attached hydrogen (secondary N) is 1. The molecular formula is C21H17N. The Hall–Kier alpha value is -2.54. The molecule has 2 aliphatic carbocycles. The summed E-state index contributed by atoms with van der Waals surface area (Å²) in [6, 6.07) is 17.9. The molecule has 22 heavy (non-hydrogen) atoms. The Kier molecular flexibility index (Phi) is 2.20. The van der Waals surface area contributed by atoms with Crippen molar-refractivity contribution in [3.8, 4) is 0 Å². The largest absolute Gasteiger partial charge is 0.356 e. The predicted octanol–water partition coefficient (Wildman–Crippen LogP) is 5.10. The Morgan fingerprint density at radius 3 is 1.59 bits per heavy atom. The SMILES string of the molecule is CC1(C2C3=CC=C2C=C3)c2ccc(cc2)Nc2ccc1cc2. The van der Waals surface area contributed by atoms with Crippen molar-refractivity contribution in [2.45, 2.75) is 12.3 Å². The maximum absolute atomic E-state index is 3.45. The van der Waals surface area contributed by atoms with Gasteiger partial charge in [0.05, 0.1) is 0 Å². The molecule has 1 N–H and O–H groups in total. The molecule has 0 radical (unpaired) electrons. The lowest BCUT2D eigenvalue weighted by molar-refractivity contribution is 0.470. The summed E-state index contributed by atoms with van der Waals surface area (Å²) in [7, 11) is 0. The number of fused-ring (bicyclic) bond motifs is 2. The van der Waals surface area contributed by atoms with Crippen LogP contribution in [0.1, 0.15) is 18.1 Å². The zero-order valence-corrected chi connectivity index (χ0v) is 12.5. The Morgan fingerprint density at radius 2 is 1.18 bits per heavy atom. The summed E-state index contributed by atoms with van der Waals surface area (Å²) < 4.78 is 0. The molecule has 4 heterocycles. The first kappa shape index (κ1) is 12.0. The highest BCUT2D eigenvalue weighted by atomic mass is 14.9. The van der Waals surface area contributed by atoms with Gasteiger partial charge in [-0.2, -0.15) is 0 Å². The van der Waals surface area contributed by atoms with Gasteiger partial charge in [-0.25, -0.2) is 0 Å². The van der Waals surface area contributed by atoms with Crippen LogP contribution >= 0.6 is 0 Å². The van der Waals surface area contributed by atoms with E-state index in [1.165, 1.54) is 22.3 Å². The average molecular weight is 283 g/mol. The molecule has 1 heteroatoms. The molecule has 0 aromatic heterocycles. The third kappa shape index (κ3) is 1.43. The minimum absolute atomic E-state index is 0.0356. The van der Waals surface area contributed by atoms with Crippen LogP contribution in [0.15, 0.2) is 84.0 Å². The van der Waals surface area contributed by atoms with Crippen LogP contribution in [0.5, 0.6) is 0 Å². The van der Waals surface area contributed by atoms with E-state index in [0.29, 0.717) is 5.92 Å². The zero-order valence-electron chi connectivity index (χ0n) is 12.5. The van der Waals surface area contributed by atoms with Gasteiger partial charge in [-0.3, -0.25) is 0 Å². The average Bonchev–Trinajstić information content (AvgIpc) is 3.17. The molecule has 0 unspecified atom stereocenters. The van der Waals surface area contributed by atoms with Crippen LogP contribution in [0.3, 0.4) is 0 Å². The Morgan fingerprint density at radius 1 is 0.727 bits per heavy atom. The fourth-order valence-corrected chi connectivity index (χ4v) is 4.21. The molecule has 6 bridgehead atoms. The smallest absolute Gasteiger partial charge is 0.0384 e. The minimum Gasteiger partial charge on any atom is -0.356 e. The molecule has 0 amide bonds. The molecule has 0 atom stereocenters. The van der Waals surface area contributed by atoms with Gasteiger partial charge in [0.2, 0.25) is 0 Å². The van der Waals surface area contributed by atoms with Crippen molar-refractivity contribution in [2.24, 2.45) is 5.92 Å². The van der Waals surface area contributed by atoms with Crippen LogP contribution < -0.4 is 5.32 Å². The number of hydrogen-bond donors (Lipinski definition) is 1. The first-order valence-electron chi connectivity index (χ1n) is 7.83. The Balaban J connectivity index is 1.80. The van der Waals surface area contributed by atoms with Gasteiger partial charge in [0.25, 0.3) is 0 Å². The van der Waals surface area contributed by atoms with Gasteiger partial charge in [-0.1, -0.05) is 55.5 Å². The molecule has 2 aromatic rings. The summed E-state index contributed by atoms with van der Waals surface area (Å²) in [4.78, 5) is 0. The predicted molar refractivity (Wildman–Crippen MR) is 91.4 cm³/mol. The number of hydrogen-bond acceptors (Lipinski definition) is 1. The van der Waals surface area contributed by atoms with E-state index < -0.39 is 0 Å². The number of allylic oxidation sites excluding steroid dienone is 6. The van der Waals surface area contributed by atoms with Crippen LogP contribution in [-0.2, 0) is 5.41 Å². The van der Waals surface area contributed by atoms with Crippen molar-refractivity contribution in [3.63, 3.8) is 0 Å². The van der Waals surface area contributed by atoms with Gasteiger partial charge >= 0.3 is 0 Å². The van der Waals surface area contributed by atoms with Crippen molar-refractivity contribution in [1.82, 2.24) is 0 Å². The van der Waals surface area contributed by atoms with Gasteiger partial charge < -0.3 is 5.32 Å². The monoisotopic (exact) mass is 283 g/mol. The van der Waals surface area contributed by atoms with Crippen LogP contribution in [0.4, 0.5) is 11.4 Å². The summed E-state index contributed by atoms with van der Waals surface area (Å²) in [6.07, 6.45) is 9.09. The molecule has 4 aliphatic heterocycles. The molecule has 0 fully saturated rings. The van der Waals surface area contributed by atoms with Crippen LogP contribution in [0, 0.1) is 5.92 Å². The minimum atomic E-state index is -0.0356. The first-order valence-corrected chi connectivity index (χ1v) is 7.83. The quantitative estimate of drug-likeness (QED) is 0.767. The molecule has 8 rings (SSSR count). The second kappa shape index (κ2) is 4.01. The van der Waals surface area contributed by atoms with E-state index >= 15 is 0 Å². The summed E-state index contributed by atoms with van der Waals surface area (Å²) in [5.41, 5.74) is 7.87.